The molecule has 0 aliphatic carbocycles. The molecule has 0 saturated heterocycles. The van der Waals surface area contributed by atoms with E-state index in [-0.39, 0.29) is 6.04 Å². The molecule has 124 valence electrons. The number of hydrogen-bond donors (Lipinski definition) is 2. The van der Waals surface area contributed by atoms with Gasteiger partial charge in [-0.3, -0.25) is 5.10 Å². The number of H-pyrrole nitrogens is 1. The molecule has 0 saturated carbocycles. The van der Waals surface area contributed by atoms with Crippen LogP contribution in [0.15, 0.2) is 54.7 Å². The van der Waals surface area contributed by atoms with Crippen LogP contribution in [0, 0.1) is 13.8 Å². The molecule has 2 N–H and O–H groups in total. The quantitative estimate of drug-likeness (QED) is 0.693. The first-order valence-electron chi connectivity index (χ1n) is 8.19. The monoisotopic (exact) mass is 321 g/mol. The third kappa shape index (κ3) is 3.84. The lowest BCUT2D eigenvalue weighted by Crippen LogP contribution is -2.18. The van der Waals surface area contributed by atoms with Gasteiger partial charge >= 0.3 is 0 Å². The number of aryl methyl sites for hydroxylation is 2. The van der Waals surface area contributed by atoms with Crippen LogP contribution in [0.25, 0.3) is 0 Å². The van der Waals surface area contributed by atoms with Crippen molar-refractivity contribution in [3.63, 3.8) is 0 Å². The second kappa shape index (κ2) is 7.32. The fourth-order valence-electron chi connectivity index (χ4n) is 2.69. The minimum Gasteiger partial charge on any atom is -0.457 e. The predicted molar refractivity (Wildman–Crippen MR) is 96.3 cm³/mol. The molecule has 0 radical (unpaired) electrons. The molecule has 3 rings (SSSR count). The topological polar surface area (TPSA) is 49.9 Å². The molecule has 0 spiro atoms. The molecule has 2 aromatic carbocycles. The summed E-state index contributed by atoms with van der Waals surface area (Å²) >= 11 is 0. The molecular formula is C20H23N3O. The van der Waals surface area contributed by atoms with Crippen LogP contribution < -0.4 is 10.1 Å². The minimum atomic E-state index is 0.217. The molecule has 24 heavy (non-hydrogen) atoms. The Bertz CT molecular complexity index is 796. The van der Waals surface area contributed by atoms with E-state index >= 15 is 0 Å². The maximum Gasteiger partial charge on any atom is 0.132 e. The summed E-state index contributed by atoms with van der Waals surface area (Å²) in [6.45, 7) is 6.99. The van der Waals surface area contributed by atoms with Crippen molar-refractivity contribution in [1.82, 2.24) is 15.5 Å². The normalized spacial score (nSPS) is 12.1. The van der Waals surface area contributed by atoms with Gasteiger partial charge in [0, 0.05) is 29.4 Å². The molecule has 1 unspecified atom stereocenters. The molecule has 1 heterocycles. The molecule has 4 nitrogen and oxygen atoms in total. The fraction of sp³-hybridized carbons (Fsp3) is 0.250. The van der Waals surface area contributed by atoms with E-state index in [0.717, 1.165) is 29.3 Å². The number of benzene rings is 2. The van der Waals surface area contributed by atoms with Gasteiger partial charge in [-0.15, -0.1) is 0 Å². The number of para-hydroxylation sites is 1. The molecular weight excluding hydrogens is 298 g/mol. The number of nitrogens with one attached hydrogen (secondary N) is 2. The zero-order valence-electron chi connectivity index (χ0n) is 14.3. The van der Waals surface area contributed by atoms with Crippen molar-refractivity contribution in [3.05, 3.63) is 77.1 Å². The van der Waals surface area contributed by atoms with Crippen LogP contribution in [0.3, 0.4) is 0 Å². The second-order valence-corrected chi connectivity index (χ2v) is 6.08. The van der Waals surface area contributed by atoms with Crippen LogP contribution in [-0.2, 0) is 6.54 Å². The van der Waals surface area contributed by atoms with Crippen molar-refractivity contribution >= 4 is 0 Å². The highest BCUT2D eigenvalue weighted by Crippen LogP contribution is 2.27. The lowest BCUT2D eigenvalue weighted by Gasteiger charge is -2.16. The zero-order valence-corrected chi connectivity index (χ0v) is 14.3. The number of aromatic nitrogens is 2. The summed E-state index contributed by atoms with van der Waals surface area (Å²) in [7, 11) is 0. The van der Waals surface area contributed by atoms with Gasteiger partial charge in [0.15, 0.2) is 0 Å². The maximum atomic E-state index is 6.08. The van der Waals surface area contributed by atoms with E-state index in [1.54, 1.807) is 0 Å². The summed E-state index contributed by atoms with van der Waals surface area (Å²) in [6, 6.07) is 16.4. The van der Waals surface area contributed by atoms with E-state index in [9.17, 15) is 0 Å². The fourth-order valence-corrected chi connectivity index (χ4v) is 2.69. The Balaban J connectivity index is 1.74. The summed E-state index contributed by atoms with van der Waals surface area (Å²) in [5.41, 5.74) is 4.60. The van der Waals surface area contributed by atoms with Crippen LogP contribution >= 0.6 is 0 Å². The Kier molecular flexibility index (Phi) is 4.96. The molecule has 1 aromatic heterocycles. The van der Waals surface area contributed by atoms with Crippen LogP contribution in [0.1, 0.15) is 35.3 Å². The van der Waals surface area contributed by atoms with E-state index in [1.165, 1.54) is 11.1 Å². The Morgan fingerprint density at radius 2 is 1.92 bits per heavy atom. The summed E-state index contributed by atoms with van der Waals surface area (Å²) in [4.78, 5) is 0. The van der Waals surface area contributed by atoms with Gasteiger partial charge in [0.25, 0.3) is 0 Å². The van der Waals surface area contributed by atoms with E-state index in [0.29, 0.717) is 0 Å². The number of nitrogens with zero attached hydrogens (tertiary/aromatic N) is 1. The summed E-state index contributed by atoms with van der Waals surface area (Å²) in [5.74, 6) is 1.74. The maximum absolute atomic E-state index is 6.08. The number of hydrogen-bond acceptors (Lipinski definition) is 3. The summed E-state index contributed by atoms with van der Waals surface area (Å²) in [5, 5.41) is 10.6. The average molecular weight is 321 g/mol. The Morgan fingerprint density at radius 1 is 1.12 bits per heavy atom. The van der Waals surface area contributed by atoms with Gasteiger partial charge in [-0.2, -0.15) is 5.10 Å². The van der Waals surface area contributed by atoms with Gasteiger partial charge in [0.1, 0.15) is 11.5 Å². The Morgan fingerprint density at radius 3 is 2.62 bits per heavy atom. The van der Waals surface area contributed by atoms with Gasteiger partial charge in [-0.05, 0) is 44.5 Å². The van der Waals surface area contributed by atoms with Gasteiger partial charge in [-0.25, -0.2) is 0 Å². The summed E-state index contributed by atoms with van der Waals surface area (Å²) < 4.78 is 6.08. The summed E-state index contributed by atoms with van der Waals surface area (Å²) in [6.07, 6.45) is 1.88. The number of rotatable bonds is 6. The molecule has 1 atom stereocenters. The van der Waals surface area contributed by atoms with E-state index in [4.69, 9.17) is 4.74 Å². The second-order valence-electron chi connectivity index (χ2n) is 6.08. The highest BCUT2D eigenvalue weighted by atomic mass is 16.5. The van der Waals surface area contributed by atoms with Gasteiger partial charge in [0.2, 0.25) is 0 Å². The molecule has 4 heteroatoms. The van der Waals surface area contributed by atoms with E-state index in [2.05, 4.69) is 47.6 Å². The lowest BCUT2D eigenvalue weighted by atomic mass is 10.1. The van der Waals surface area contributed by atoms with Crippen LogP contribution in [0.5, 0.6) is 11.5 Å². The van der Waals surface area contributed by atoms with Crippen LogP contribution in [-0.4, -0.2) is 10.2 Å². The third-order valence-corrected chi connectivity index (χ3v) is 4.13. The smallest absolute Gasteiger partial charge is 0.132 e. The van der Waals surface area contributed by atoms with Gasteiger partial charge < -0.3 is 10.1 Å². The van der Waals surface area contributed by atoms with Gasteiger partial charge in [0.05, 0.1) is 6.20 Å². The average Bonchev–Trinajstić information content (AvgIpc) is 3.01. The van der Waals surface area contributed by atoms with Crippen LogP contribution in [0.4, 0.5) is 0 Å². The predicted octanol–water partition coefficient (Wildman–Crippen LogP) is 4.67. The van der Waals surface area contributed by atoms with Crippen molar-refractivity contribution < 1.29 is 4.74 Å². The standard InChI is InChI=1S/C20H23N3O/c1-14-9-10-17(12-21-15(2)19-13-22-23-16(19)3)20(11-14)24-18-7-5-4-6-8-18/h4-11,13,15,21H,12H2,1-3H3,(H,22,23). The largest absolute Gasteiger partial charge is 0.457 e. The first-order valence-corrected chi connectivity index (χ1v) is 8.19. The van der Waals surface area contributed by atoms with Crippen molar-refractivity contribution in [2.24, 2.45) is 0 Å². The van der Waals surface area contributed by atoms with Crippen molar-refractivity contribution in [1.29, 1.82) is 0 Å². The molecule has 0 aliphatic rings. The highest BCUT2D eigenvalue weighted by molar-refractivity contribution is 5.40. The van der Waals surface area contributed by atoms with E-state index in [1.807, 2.05) is 43.5 Å². The number of aromatic amines is 1. The highest BCUT2D eigenvalue weighted by Gasteiger charge is 2.12. The number of ether oxygens (including phenoxy) is 1. The molecule has 0 amide bonds. The molecule has 0 aliphatic heterocycles. The van der Waals surface area contributed by atoms with Crippen LogP contribution in [0.2, 0.25) is 0 Å². The molecule has 3 aromatic rings. The molecule has 0 bridgehead atoms. The SMILES string of the molecule is Cc1ccc(CNC(C)c2cn[nH]c2C)c(Oc2ccccc2)c1. The Hall–Kier alpha value is -2.59. The van der Waals surface area contributed by atoms with Crippen molar-refractivity contribution in [2.75, 3.05) is 0 Å². The first kappa shape index (κ1) is 16.3. The van der Waals surface area contributed by atoms with Crippen molar-refractivity contribution in [2.45, 2.75) is 33.4 Å². The van der Waals surface area contributed by atoms with Crippen molar-refractivity contribution in [3.8, 4) is 11.5 Å². The van der Waals surface area contributed by atoms with E-state index < -0.39 is 0 Å². The lowest BCUT2D eigenvalue weighted by molar-refractivity contribution is 0.468. The zero-order chi connectivity index (χ0) is 16.9. The first-order chi connectivity index (χ1) is 11.6. The third-order valence-electron chi connectivity index (χ3n) is 4.13. The van der Waals surface area contributed by atoms with Gasteiger partial charge in [-0.1, -0.05) is 30.3 Å². The minimum absolute atomic E-state index is 0.217. The molecule has 0 fully saturated rings. The Labute approximate surface area is 142 Å².